The molecule has 0 aromatic heterocycles. The lowest BCUT2D eigenvalue weighted by atomic mass is 9.95. The molecule has 0 heterocycles. The van der Waals surface area contributed by atoms with Crippen molar-refractivity contribution in [3.8, 4) is 0 Å². The Morgan fingerprint density at radius 1 is 1.14 bits per heavy atom. The van der Waals surface area contributed by atoms with Crippen molar-refractivity contribution in [3.63, 3.8) is 0 Å². The molecule has 0 bridgehead atoms. The van der Waals surface area contributed by atoms with Crippen LogP contribution in [-0.4, -0.2) is 11.6 Å². The Bertz CT molecular complexity index is 364. The van der Waals surface area contributed by atoms with E-state index in [0.717, 1.165) is 5.57 Å². The van der Waals surface area contributed by atoms with Gasteiger partial charge in [-0.25, -0.2) is 0 Å². The average Bonchev–Trinajstić information content (AvgIpc) is 2.11. The molecule has 0 aromatic rings. The van der Waals surface area contributed by atoms with Crippen molar-refractivity contribution in [2.45, 2.75) is 27.2 Å². The zero-order chi connectivity index (χ0) is 10.7. The van der Waals surface area contributed by atoms with Gasteiger partial charge in [-0.1, -0.05) is 11.1 Å². The van der Waals surface area contributed by atoms with Crippen LogP contribution in [0.1, 0.15) is 27.2 Å². The third kappa shape index (κ3) is 2.52. The third-order valence-electron chi connectivity index (χ3n) is 2.34. The number of hydrogen-bond acceptors (Lipinski definition) is 2. The van der Waals surface area contributed by atoms with Crippen LogP contribution in [0.5, 0.6) is 0 Å². The van der Waals surface area contributed by atoms with Gasteiger partial charge in [-0.3, -0.25) is 9.59 Å². The fourth-order valence-corrected chi connectivity index (χ4v) is 1.16. The van der Waals surface area contributed by atoms with E-state index in [-0.39, 0.29) is 11.6 Å². The second kappa shape index (κ2) is 4.18. The SMILES string of the molecule is CC(C)=C(C)CC1=CC(=O)C=CC1=O. The molecule has 0 atom stereocenters. The van der Waals surface area contributed by atoms with Gasteiger partial charge in [0.2, 0.25) is 0 Å². The van der Waals surface area contributed by atoms with Crippen LogP contribution in [0.3, 0.4) is 0 Å². The van der Waals surface area contributed by atoms with Crippen molar-refractivity contribution < 1.29 is 9.59 Å². The first-order valence-electron chi connectivity index (χ1n) is 4.60. The molecule has 0 aromatic carbocycles. The zero-order valence-corrected chi connectivity index (χ0v) is 8.76. The largest absolute Gasteiger partial charge is 0.290 e. The molecular weight excluding hydrogens is 176 g/mol. The highest BCUT2D eigenvalue weighted by Gasteiger charge is 2.13. The summed E-state index contributed by atoms with van der Waals surface area (Å²) in [4.78, 5) is 22.4. The molecule has 14 heavy (non-hydrogen) atoms. The fraction of sp³-hybridized carbons (Fsp3) is 0.333. The quantitative estimate of drug-likeness (QED) is 0.495. The van der Waals surface area contributed by atoms with Crippen molar-refractivity contribution in [1.82, 2.24) is 0 Å². The molecule has 0 aliphatic heterocycles. The topological polar surface area (TPSA) is 34.1 Å². The standard InChI is InChI=1S/C12H14O2/c1-8(2)9(3)6-10-7-11(13)4-5-12(10)14/h4-5,7H,6H2,1-3H3. The summed E-state index contributed by atoms with van der Waals surface area (Å²) in [5.41, 5.74) is 2.93. The van der Waals surface area contributed by atoms with Crippen molar-refractivity contribution in [2.75, 3.05) is 0 Å². The molecular formula is C12H14O2. The number of ketones is 2. The number of carbonyl (C=O) groups is 2. The van der Waals surface area contributed by atoms with Gasteiger partial charge in [0.05, 0.1) is 0 Å². The number of carbonyl (C=O) groups excluding carboxylic acids is 2. The lowest BCUT2D eigenvalue weighted by Gasteiger charge is -2.08. The predicted octanol–water partition coefficient (Wildman–Crippen LogP) is 2.37. The van der Waals surface area contributed by atoms with E-state index >= 15 is 0 Å². The zero-order valence-electron chi connectivity index (χ0n) is 8.76. The first-order chi connectivity index (χ1) is 6.50. The normalized spacial score (nSPS) is 15.5. The molecule has 0 fully saturated rings. The Labute approximate surface area is 84.0 Å². The number of rotatable bonds is 2. The average molecular weight is 190 g/mol. The van der Waals surface area contributed by atoms with Crippen molar-refractivity contribution in [2.24, 2.45) is 0 Å². The van der Waals surface area contributed by atoms with Crippen molar-refractivity contribution in [3.05, 3.63) is 34.9 Å². The van der Waals surface area contributed by atoms with Gasteiger partial charge in [-0.2, -0.15) is 0 Å². The van der Waals surface area contributed by atoms with Gasteiger partial charge in [0, 0.05) is 5.57 Å². The second-order valence-electron chi connectivity index (χ2n) is 3.73. The van der Waals surface area contributed by atoms with Gasteiger partial charge >= 0.3 is 0 Å². The molecule has 0 amide bonds. The van der Waals surface area contributed by atoms with Gasteiger partial charge in [0.15, 0.2) is 11.6 Å². The highest BCUT2D eigenvalue weighted by atomic mass is 16.1. The minimum atomic E-state index is -0.0962. The van der Waals surface area contributed by atoms with Crippen LogP contribution in [0.4, 0.5) is 0 Å². The molecule has 0 N–H and O–H groups in total. The lowest BCUT2D eigenvalue weighted by molar-refractivity contribution is -0.114. The fourth-order valence-electron chi connectivity index (χ4n) is 1.16. The van der Waals surface area contributed by atoms with Gasteiger partial charge in [-0.15, -0.1) is 0 Å². The van der Waals surface area contributed by atoms with E-state index in [1.807, 2.05) is 20.8 Å². The molecule has 2 heteroatoms. The Morgan fingerprint density at radius 3 is 2.36 bits per heavy atom. The van der Waals surface area contributed by atoms with E-state index < -0.39 is 0 Å². The maximum atomic E-state index is 11.4. The first kappa shape index (κ1) is 10.6. The molecule has 0 radical (unpaired) electrons. The highest BCUT2D eigenvalue weighted by Crippen LogP contribution is 2.17. The van der Waals surface area contributed by atoms with Gasteiger partial charge < -0.3 is 0 Å². The van der Waals surface area contributed by atoms with E-state index in [2.05, 4.69) is 0 Å². The first-order valence-corrected chi connectivity index (χ1v) is 4.60. The molecule has 1 rings (SSSR count). The third-order valence-corrected chi connectivity index (χ3v) is 2.34. The van der Waals surface area contributed by atoms with Crippen molar-refractivity contribution in [1.29, 1.82) is 0 Å². The van der Waals surface area contributed by atoms with E-state index in [4.69, 9.17) is 0 Å². The Morgan fingerprint density at radius 2 is 1.79 bits per heavy atom. The lowest BCUT2D eigenvalue weighted by Crippen LogP contribution is -2.08. The molecule has 74 valence electrons. The predicted molar refractivity (Wildman–Crippen MR) is 55.9 cm³/mol. The molecule has 0 unspecified atom stereocenters. The summed E-state index contributed by atoms with van der Waals surface area (Å²) in [6.45, 7) is 5.98. The van der Waals surface area contributed by atoms with Crippen LogP contribution in [0.15, 0.2) is 34.9 Å². The monoisotopic (exact) mass is 190 g/mol. The van der Waals surface area contributed by atoms with Crippen LogP contribution < -0.4 is 0 Å². The van der Waals surface area contributed by atoms with E-state index in [0.29, 0.717) is 12.0 Å². The van der Waals surface area contributed by atoms with Gasteiger partial charge in [-0.05, 0) is 45.4 Å². The van der Waals surface area contributed by atoms with Crippen LogP contribution in [0, 0.1) is 0 Å². The van der Waals surface area contributed by atoms with Crippen LogP contribution in [0.2, 0.25) is 0 Å². The Kier molecular flexibility index (Phi) is 3.18. The van der Waals surface area contributed by atoms with Crippen LogP contribution in [0.25, 0.3) is 0 Å². The molecule has 0 spiro atoms. The summed E-state index contributed by atoms with van der Waals surface area (Å²) in [6, 6.07) is 0. The maximum Gasteiger partial charge on any atom is 0.182 e. The Balaban J connectivity index is 2.85. The van der Waals surface area contributed by atoms with Gasteiger partial charge in [0.25, 0.3) is 0 Å². The number of allylic oxidation sites excluding steroid dienone is 6. The van der Waals surface area contributed by atoms with E-state index in [9.17, 15) is 9.59 Å². The molecule has 2 nitrogen and oxygen atoms in total. The summed E-state index contributed by atoms with van der Waals surface area (Å²) < 4.78 is 0. The highest BCUT2D eigenvalue weighted by molar-refractivity contribution is 6.17. The molecule has 0 saturated heterocycles. The minimum absolute atomic E-state index is 0.0507. The van der Waals surface area contributed by atoms with Crippen LogP contribution >= 0.6 is 0 Å². The second-order valence-corrected chi connectivity index (χ2v) is 3.73. The summed E-state index contributed by atoms with van der Waals surface area (Å²) in [5.74, 6) is -0.147. The summed E-state index contributed by atoms with van der Waals surface area (Å²) in [7, 11) is 0. The molecule has 0 saturated carbocycles. The minimum Gasteiger partial charge on any atom is -0.290 e. The molecule has 1 aliphatic carbocycles. The summed E-state index contributed by atoms with van der Waals surface area (Å²) in [6.07, 6.45) is 4.66. The smallest absolute Gasteiger partial charge is 0.182 e. The van der Waals surface area contributed by atoms with E-state index in [1.165, 1.54) is 23.8 Å². The molecule has 1 aliphatic rings. The summed E-state index contributed by atoms with van der Waals surface area (Å²) in [5, 5.41) is 0. The summed E-state index contributed by atoms with van der Waals surface area (Å²) >= 11 is 0. The van der Waals surface area contributed by atoms with Gasteiger partial charge in [0.1, 0.15) is 0 Å². The number of hydrogen-bond donors (Lipinski definition) is 0. The Hall–Kier alpha value is -1.44. The van der Waals surface area contributed by atoms with Crippen LogP contribution in [-0.2, 0) is 9.59 Å². The maximum absolute atomic E-state index is 11.4. The van der Waals surface area contributed by atoms with Crippen molar-refractivity contribution >= 4 is 11.6 Å². The van der Waals surface area contributed by atoms with E-state index in [1.54, 1.807) is 0 Å².